The van der Waals surface area contributed by atoms with Crippen molar-refractivity contribution in [3.63, 3.8) is 0 Å². The number of hydrogen-bond donors (Lipinski definition) is 3. The van der Waals surface area contributed by atoms with Crippen molar-refractivity contribution in [3.8, 4) is 0 Å². The summed E-state index contributed by atoms with van der Waals surface area (Å²) in [5.41, 5.74) is -1.13. The van der Waals surface area contributed by atoms with Crippen LogP contribution in [0.25, 0.3) is 0 Å². The van der Waals surface area contributed by atoms with Crippen LogP contribution in [0.5, 0.6) is 0 Å². The maximum Gasteiger partial charge on any atom is 0.0908 e. The first kappa shape index (κ1) is 17.2. The molecule has 0 amide bonds. The van der Waals surface area contributed by atoms with E-state index in [9.17, 15) is 15.3 Å². The van der Waals surface area contributed by atoms with Crippen molar-refractivity contribution in [1.82, 2.24) is 0 Å². The van der Waals surface area contributed by atoms with Gasteiger partial charge in [0, 0.05) is 6.61 Å². The number of aliphatic hydroxyl groups is 3. The van der Waals surface area contributed by atoms with Crippen molar-refractivity contribution >= 4 is 0 Å². The Balaban J connectivity index is 2.35. The minimum atomic E-state index is -1.13. The molecule has 0 bridgehead atoms. The van der Waals surface area contributed by atoms with Crippen molar-refractivity contribution in [2.24, 2.45) is 41.4 Å². The summed E-state index contributed by atoms with van der Waals surface area (Å²) < 4.78 is 0. The molecule has 3 heteroatoms. The Labute approximate surface area is 129 Å². The third kappa shape index (κ3) is 2.89. The molecule has 9 atom stereocenters. The summed E-state index contributed by atoms with van der Waals surface area (Å²) in [4.78, 5) is 0. The van der Waals surface area contributed by atoms with E-state index in [1.807, 2.05) is 0 Å². The smallest absolute Gasteiger partial charge is 0.0908 e. The zero-order chi connectivity index (χ0) is 15.9. The van der Waals surface area contributed by atoms with E-state index in [1.54, 1.807) is 13.8 Å². The highest BCUT2D eigenvalue weighted by molar-refractivity contribution is 5.03. The van der Waals surface area contributed by atoms with Crippen molar-refractivity contribution in [1.29, 1.82) is 0 Å². The first-order valence-corrected chi connectivity index (χ1v) is 8.73. The van der Waals surface area contributed by atoms with Gasteiger partial charge in [0.1, 0.15) is 0 Å². The Morgan fingerprint density at radius 3 is 2.19 bits per heavy atom. The van der Waals surface area contributed by atoms with Crippen molar-refractivity contribution in [2.75, 3.05) is 6.61 Å². The average Bonchev–Trinajstić information content (AvgIpc) is 2.41. The minimum absolute atomic E-state index is 0.0310. The third-order valence-electron chi connectivity index (χ3n) is 6.90. The standard InChI is InChI=1S/C18H34O3/c1-10-6-7-11(2)16-14(10)8-12(3)17(15(16)9-19)18(5,21)13(4)20/h10-17,19-21H,6-9H2,1-5H3/t10-,11-,12-,13?,14-,15-,16+,17?,18+/m0/s1. The van der Waals surface area contributed by atoms with Crippen LogP contribution in [0.2, 0.25) is 0 Å². The summed E-state index contributed by atoms with van der Waals surface area (Å²) >= 11 is 0. The van der Waals surface area contributed by atoms with Crippen LogP contribution in [-0.2, 0) is 0 Å². The molecule has 0 aromatic carbocycles. The maximum atomic E-state index is 10.9. The first-order chi connectivity index (χ1) is 9.71. The van der Waals surface area contributed by atoms with Gasteiger partial charge in [-0.3, -0.25) is 0 Å². The second-order valence-electron chi connectivity index (χ2n) is 8.26. The zero-order valence-corrected chi connectivity index (χ0v) is 14.3. The molecule has 2 unspecified atom stereocenters. The third-order valence-corrected chi connectivity index (χ3v) is 6.90. The largest absolute Gasteiger partial charge is 0.396 e. The minimum Gasteiger partial charge on any atom is -0.396 e. The number of fused-ring (bicyclic) bond motifs is 1. The molecule has 0 radical (unpaired) electrons. The fraction of sp³-hybridized carbons (Fsp3) is 1.00. The van der Waals surface area contributed by atoms with E-state index in [-0.39, 0.29) is 18.4 Å². The zero-order valence-electron chi connectivity index (χ0n) is 14.3. The lowest BCUT2D eigenvalue weighted by Crippen LogP contribution is -2.58. The monoisotopic (exact) mass is 298 g/mol. The molecule has 0 saturated heterocycles. The lowest BCUT2D eigenvalue weighted by atomic mass is 9.50. The Morgan fingerprint density at radius 1 is 1.10 bits per heavy atom. The highest BCUT2D eigenvalue weighted by Crippen LogP contribution is 2.55. The Morgan fingerprint density at radius 2 is 1.67 bits per heavy atom. The second-order valence-corrected chi connectivity index (χ2v) is 8.26. The summed E-state index contributed by atoms with van der Waals surface area (Å²) in [6.45, 7) is 10.4. The molecule has 0 aromatic heterocycles. The fourth-order valence-corrected chi connectivity index (χ4v) is 5.62. The molecular weight excluding hydrogens is 264 g/mol. The van der Waals surface area contributed by atoms with Gasteiger partial charge >= 0.3 is 0 Å². The van der Waals surface area contributed by atoms with Gasteiger partial charge in [0.25, 0.3) is 0 Å². The highest BCUT2D eigenvalue weighted by Gasteiger charge is 2.54. The van der Waals surface area contributed by atoms with Crippen LogP contribution < -0.4 is 0 Å². The van der Waals surface area contributed by atoms with Gasteiger partial charge in [-0.2, -0.15) is 0 Å². The van der Waals surface area contributed by atoms with Crippen LogP contribution in [0.4, 0.5) is 0 Å². The molecule has 2 aliphatic rings. The predicted octanol–water partition coefficient (Wildman–Crippen LogP) is 2.68. The van der Waals surface area contributed by atoms with Crippen LogP contribution in [0, 0.1) is 41.4 Å². The number of hydrogen-bond acceptors (Lipinski definition) is 3. The highest BCUT2D eigenvalue weighted by atomic mass is 16.3. The van der Waals surface area contributed by atoms with E-state index in [4.69, 9.17) is 0 Å². The van der Waals surface area contributed by atoms with Crippen molar-refractivity contribution < 1.29 is 15.3 Å². The first-order valence-electron chi connectivity index (χ1n) is 8.73. The normalized spacial score (nSPS) is 48.3. The SMILES string of the molecule is CC(O)[C@@](C)(O)C1[C@@H](CO)[C@H]2[C@@H](C[C@@H]1C)[C@@H](C)CC[C@@H]2C. The molecule has 2 rings (SSSR count). The molecule has 3 N–H and O–H groups in total. The molecule has 2 fully saturated rings. The molecule has 0 heterocycles. The maximum absolute atomic E-state index is 10.9. The van der Waals surface area contributed by atoms with Crippen molar-refractivity contribution in [2.45, 2.75) is 65.6 Å². The van der Waals surface area contributed by atoms with E-state index < -0.39 is 11.7 Å². The average molecular weight is 298 g/mol. The van der Waals surface area contributed by atoms with Gasteiger partial charge in [0.15, 0.2) is 0 Å². The second kappa shape index (κ2) is 6.17. The predicted molar refractivity (Wildman–Crippen MR) is 84.7 cm³/mol. The van der Waals surface area contributed by atoms with Crippen molar-refractivity contribution in [3.05, 3.63) is 0 Å². The van der Waals surface area contributed by atoms with Gasteiger partial charge in [-0.1, -0.05) is 33.6 Å². The van der Waals surface area contributed by atoms with Crippen LogP contribution in [0.15, 0.2) is 0 Å². The van der Waals surface area contributed by atoms with Crippen LogP contribution in [0.1, 0.15) is 53.9 Å². The van der Waals surface area contributed by atoms with Gasteiger partial charge in [-0.15, -0.1) is 0 Å². The van der Waals surface area contributed by atoms with E-state index in [1.165, 1.54) is 12.8 Å². The topological polar surface area (TPSA) is 60.7 Å². The summed E-state index contributed by atoms with van der Waals surface area (Å²) in [6, 6.07) is 0. The van der Waals surface area contributed by atoms with Gasteiger partial charge in [-0.05, 0) is 61.7 Å². The quantitative estimate of drug-likeness (QED) is 0.751. The molecule has 124 valence electrons. The van der Waals surface area contributed by atoms with Crippen LogP contribution in [-0.4, -0.2) is 33.6 Å². The summed E-state index contributed by atoms with van der Waals surface area (Å²) in [6.07, 6.45) is 2.84. The van der Waals surface area contributed by atoms with E-state index in [0.717, 1.165) is 6.42 Å². The molecule has 2 saturated carbocycles. The molecule has 2 aliphatic carbocycles. The van der Waals surface area contributed by atoms with E-state index in [0.29, 0.717) is 29.6 Å². The molecule has 0 spiro atoms. The van der Waals surface area contributed by atoms with E-state index in [2.05, 4.69) is 20.8 Å². The van der Waals surface area contributed by atoms with Gasteiger partial charge in [-0.25, -0.2) is 0 Å². The van der Waals surface area contributed by atoms with E-state index >= 15 is 0 Å². The Bertz CT molecular complexity index is 352. The Kier molecular flexibility index (Phi) is 5.07. The molecule has 21 heavy (non-hydrogen) atoms. The lowest BCUT2D eigenvalue weighted by Gasteiger charge is -2.56. The van der Waals surface area contributed by atoms with Gasteiger partial charge in [0.2, 0.25) is 0 Å². The fourth-order valence-electron chi connectivity index (χ4n) is 5.62. The summed E-state index contributed by atoms with van der Waals surface area (Å²) in [7, 11) is 0. The molecular formula is C18H34O3. The van der Waals surface area contributed by atoms with Crippen LogP contribution in [0.3, 0.4) is 0 Å². The Hall–Kier alpha value is -0.120. The van der Waals surface area contributed by atoms with Crippen LogP contribution >= 0.6 is 0 Å². The van der Waals surface area contributed by atoms with Gasteiger partial charge < -0.3 is 15.3 Å². The molecule has 3 nitrogen and oxygen atoms in total. The summed E-state index contributed by atoms with van der Waals surface area (Å²) in [5, 5.41) is 31.0. The molecule has 0 aromatic rings. The summed E-state index contributed by atoms with van der Waals surface area (Å²) in [5.74, 6) is 2.84. The lowest BCUT2D eigenvalue weighted by molar-refractivity contribution is -0.173. The molecule has 0 aliphatic heterocycles. The van der Waals surface area contributed by atoms with Gasteiger partial charge in [0.05, 0.1) is 11.7 Å². The number of rotatable bonds is 3. The number of aliphatic hydroxyl groups excluding tert-OH is 2.